The van der Waals surface area contributed by atoms with E-state index in [0.29, 0.717) is 6.54 Å². The van der Waals surface area contributed by atoms with Crippen LogP contribution in [-0.2, 0) is 39.3 Å². The maximum Gasteiger partial charge on any atom is 0.325 e. The lowest BCUT2D eigenvalue weighted by atomic mass is 9.87. The maximum atomic E-state index is 13.4. The molecular formula is C29H34N4O4S. The minimum Gasteiger partial charge on any atom is -0.480 e. The first-order chi connectivity index (χ1) is 18.0. The molecule has 0 saturated carbocycles. The molecule has 2 unspecified atom stereocenters. The zero-order chi connectivity index (χ0) is 27.4. The number of aliphatic carboxylic acids is 1. The number of fused-ring (bicyclic) bond motifs is 1. The van der Waals surface area contributed by atoms with Crippen molar-refractivity contribution in [1.82, 2.24) is 19.8 Å². The molecule has 0 aliphatic carbocycles. The lowest BCUT2D eigenvalue weighted by Gasteiger charge is -2.35. The fourth-order valence-electron chi connectivity index (χ4n) is 4.42. The zero-order valence-corrected chi connectivity index (χ0v) is 23.0. The number of carboxylic acids is 1. The second-order valence-electron chi connectivity index (χ2n) is 10.6. The minimum absolute atomic E-state index is 0.0685. The molecule has 1 aromatic heterocycles. The van der Waals surface area contributed by atoms with E-state index in [0.717, 1.165) is 21.8 Å². The van der Waals surface area contributed by atoms with Crippen molar-refractivity contribution in [2.24, 2.45) is 0 Å². The van der Waals surface area contributed by atoms with Crippen LogP contribution in [0.1, 0.15) is 50.2 Å². The number of carbonyl (C=O) groups is 3. The van der Waals surface area contributed by atoms with E-state index in [-0.39, 0.29) is 30.0 Å². The van der Waals surface area contributed by atoms with Crippen molar-refractivity contribution in [3.63, 3.8) is 0 Å². The summed E-state index contributed by atoms with van der Waals surface area (Å²) in [6, 6.07) is 16.2. The molecule has 0 radical (unpaired) electrons. The summed E-state index contributed by atoms with van der Waals surface area (Å²) in [5.41, 5.74) is 4.08. The maximum absolute atomic E-state index is 13.4. The molecule has 0 bridgehead atoms. The number of carboxylic acid groups (broad SMARTS) is 1. The first kappa shape index (κ1) is 27.4. The van der Waals surface area contributed by atoms with Gasteiger partial charge in [-0.3, -0.25) is 14.4 Å². The van der Waals surface area contributed by atoms with E-state index < -0.39 is 24.0 Å². The highest BCUT2D eigenvalue weighted by Crippen LogP contribution is 2.27. The van der Waals surface area contributed by atoms with Gasteiger partial charge < -0.3 is 19.9 Å². The van der Waals surface area contributed by atoms with Gasteiger partial charge in [-0.1, -0.05) is 63.2 Å². The second kappa shape index (κ2) is 11.4. The number of nitrogens with one attached hydrogen (secondary N) is 1. The smallest absolute Gasteiger partial charge is 0.325 e. The highest BCUT2D eigenvalue weighted by molar-refractivity contribution is 8.00. The number of carbonyl (C=O) groups excluding carboxylic acids is 2. The predicted octanol–water partition coefficient (Wildman–Crippen LogP) is 3.86. The number of nitrogens with zero attached hydrogens (tertiary/aromatic N) is 3. The summed E-state index contributed by atoms with van der Waals surface area (Å²) in [5, 5.41) is 11.8. The normalized spacial score (nSPS) is 16.0. The predicted molar refractivity (Wildman–Crippen MR) is 147 cm³/mol. The Hall–Kier alpha value is -3.59. The molecule has 1 aliphatic rings. The first-order valence-electron chi connectivity index (χ1n) is 12.7. The Labute approximate surface area is 227 Å². The number of hydrogen-bond acceptors (Lipinski definition) is 5. The SMILES string of the molecule is CC(NC(=O)C1Cc2ncn(Cc3ccc(C(C)(C)C)cc3)c2CN1C(=O)CSc1ccccc1)C(=O)O. The van der Waals surface area contributed by atoms with E-state index >= 15 is 0 Å². The van der Waals surface area contributed by atoms with Crippen molar-refractivity contribution >= 4 is 29.5 Å². The summed E-state index contributed by atoms with van der Waals surface area (Å²) >= 11 is 1.41. The molecule has 0 fully saturated rings. The van der Waals surface area contributed by atoms with Crippen molar-refractivity contribution in [2.75, 3.05) is 5.75 Å². The van der Waals surface area contributed by atoms with Crippen LogP contribution in [0.2, 0.25) is 0 Å². The number of aromatic nitrogens is 2. The number of benzene rings is 2. The van der Waals surface area contributed by atoms with E-state index in [2.05, 4.69) is 55.3 Å². The Morgan fingerprint density at radius 1 is 1.11 bits per heavy atom. The minimum atomic E-state index is -1.13. The summed E-state index contributed by atoms with van der Waals surface area (Å²) in [6.07, 6.45) is 1.98. The quantitative estimate of drug-likeness (QED) is 0.425. The monoisotopic (exact) mass is 534 g/mol. The van der Waals surface area contributed by atoms with Gasteiger partial charge in [0.15, 0.2) is 0 Å². The van der Waals surface area contributed by atoms with Gasteiger partial charge in [0.05, 0.1) is 30.0 Å². The molecule has 2 aromatic carbocycles. The van der Waals surface area contributed by atoms with E-state index in [4.69, 9.17) is 0 Å². The van der Waals surface area contributed by atoms with Gasteiger partial charge in [-0.15, -0.1) is 11.8 Å². The molecule has 9 heteroatoms. The van der Waals surface area contributed by atoms with Crippen LogP contribution in [0.4, 0.5) is 0 Å². The molecule has 2 atom stereocenters. The summed E-state index contributed by atoms with van der Waals surface area (Å²) in [5.74, 6) is -1.64. The van der Waals surface area contributed by atoms with Crippen LogP contribution >= 0.6 is 11.8 Å². The fraction of sp³-hybridized carbons (Fsp3) is 0.379. The average Bonchev–Trinajstić information content (AvgIpc) is 3.28. The van der Waals surface area contributed by atoms with Crippen LogP contribution < -0.4 is 5.32 Å². The van der Waals surface area contributed by atoms with Gasteiger partial charge in [0, 0.05) is 17.9 Å². The van der Waals surface area contributed by atoms with E-state index in [1.807, 2.05) is 34.9 Å². The standard InChI is InChI=1S/C29H34N4O4S/c1-19(28(36)37)31-27(35)24-14-23-25(16-33(24)26(34)17-38-22-8-6-5-7-9-22)32(18-30-23)15-20-10-12-21(13-11-20)29(2,3)4/h5-13,18-19,24H,14-17H2,1-4H3,(H,31,35)(H,36,37). The molecule has 0 spiro atoms. The van der Waals surface area contributed by atoms with Gasteiger partial charge in [0.1, 0.15) is 12.1 Å². The molecule has 0 saturated heterocycles. The molecule has 1 aliphatic heterocycles. The van der Waals surface area contributed by atoms with Crippen molar-refractivity contribution < 1.29 is 19.5 Å². The fourth-order valence-corrected chi connectivity index (χ4v) is 5.23. The van der Waals surface area contributed by atoms with Crippen molar-refractivity contribution in [1.29, 1.82) is 0 Å². The molecule has 4 rings (SSSR count). The van der Waals surface area contributed by atoms with Crippen LogP contribution in [-0.4, -0.2) is 55.2 Å². The molecule has 8 nitrogen and oxygen atoms in total. The number of amides is 2. The Balaban J connectivity index is 1.56. The molecule has 200 valence electrons. The topological polar surface area (TPSA) is 105 Å². The van der Waals surface area contributed by atoms with Crippen LogP contribution in [0.3, 0.4) is 0 Å². The largest absolute Gasteiger partial charge is 0.480 e. The van der Waals surface area contributed by atoms with Gasteiger partial charge in [0.25, 0.3) is 0 Å². The van der Waals surface area contributed by atoms with Gasteiger partial charge >= 0.3 is 5.97 Å². The van der Waals surface area contributed by atoms with Crippen molar-refractivity contribution in [3.8, 4) is 0 Å². The van der Waals surface area contributed by atoms with Crippen LogP contribution in [0.5, 0.6) is 0 Å². The number of imidazole rings is 1. The van der Waals surface area contributed by atoms with Crippen LogP contribution in [0.25, 0.3) is 0 Å². The Kier molecular flexibility index (Phi) is 8.26. The second-order valence-corrected chi connectivity index (χ2v) is 11.7. The molecule has 2 amide bonds. The molecule has 3 aromatic rings. The van der Waals surface area contributed by atoms with E-state index in [9.17, 15) is 19.5 Å². The highest BCUT2D eigenvalue weighted by Gasteiger charge is 2.37. The van der Waals surface area contributed by atoms with Crippen molar-refractivity contribution in [2.45, 2.75) is 69.6 Å². The Morgan fingerprint density at radius 2 is 1.79 bits per heavy atom. The summed E-state index contributed by atoms with van der Waals surface area (Å²) in [4.78, 5) is 44.9. The highest BCUT2D eigenvalue weighted by atomic mass is 32.2. The average molecular weight is 535 g/mol. The Bertz CT molecular complexity index is 1300. The lowest BCUT2D eigenvalue weighted by molar-refractivity contribution is -0.144. The van der Waals surface area contributed by atoms with Gasteiger partial charge in [-0.25, -0.2) is 4.98 Å². The van der Waals surface area contributed by atoms with Crippen LogP contribution in [0.15, 0.2) is 65.8 Å². The summed E-state index contributed by atoms with van der Waals surface area (Å²) in [7, 11) is 0. The third-order valence-corrected chi connectivity index (χ3v) is 7.74. The molecule has 2 heterocycles. The summed E-state index contributed by atoms with van der Waals surface area (Å²) in [6.45, 7) is 8.77. The van der Waals surface area contributed by atoms with Crippen molar-refractivity contribution in [3.05, 3.63) is 83.4 Å². The third-order valence-electron chi connectivity index (χ3n) is 6.75. The van der Waals surface area contributed by atoms with Gasteiger partial charge in [-0.05, 0) is 35.6 Å². The van der Waals surface area contributed by atoms with Gasteiger partial charge in [0.2, 0.25) is 11.8 Å². The number of thioether (sulfide) groups is 1. The zero-order valence-electron chi connectivity index (χ0n) is 22.2. The van der Waals surface area contributed by atoms with E-state index in [1.54, 1.807) is 11.2 Å². The number of hydrogen-bond donors (Lipinski definition) is 2. The van der Waals surface area contributed by atoms with E-state index in [1.165, 1.54) is 24.2 Å². The lowest BCUT2D eigenvalue weighted by Crippen LogP contribution is -2.55. The molecule has 2 N–H and O–H groups in total. The van der Waals surface area contributed by atoms with Gasteiger partial charge in [-0.2, -0.15) is 0 Å². The number of rotatable bonds is 8. The van der Waals surface area contributed by atoms with Crippen LogP contribution in [0, 0.1) is 0 Å². The molecular weight excluding hydrogens is 500 g/mol. The Morgan fingerprint density at radius 3 is 2.42 bits per heavy atom. The summed E-state index contributed by atoms with van der Waals surface area (Å²) < 4.78 is 2.03. The molecule has 38 heavy (non-hydrogen) atoms. The third kappa shape index (κ3) is 6.45. The first-order valence-corrected chi connectivity index (χ1v) is 13.6.